The van der Waals surface area contributed by atoms with Gasteiger partial charge in [0.15, 0.2) is 17.2 Å². The quantitative estimate of drug-likeness (QED) is 0.700. The molecule has 0 saturated heterocycles. The van der Waals surface area contributed by atoms with E-state index in [1.54, 1.807) is 38.1 Å². The summed E-state index contributed by atoms with van der Waals surface area (Å²) in [6, 6.07) is 5.21. The van der Waals surface area contributed by atoms with Gasteiger partial charge < -0.3 is 20.1 Å². The number of benzene rings is 1. The third kappa shape index (κ3) is 4.18. The van der Waals surface area contributed by atoms with Gasteiger partial charge in [-0.2, -0.15) is 0 Å². The van der Waals surface area contributed by atoms with E-state index in [2.05, 4.69) is 0 Å². The Balaban J connectivity index is 2.42. The van der Waals surface area contributed by atoms with Crippen molar-refractivity contribution in [2.45, 2.75) is 26.9 Å². The van der Waals surface area contributed by atoms with Gasteiger partial charge >= 0.3 is 5.69 Å². The first-order valence-corrected chi connectivity index (χ1v) is 9.11. The Labute approximate surface area is 168 Å². The minimum Gasteiger partial charge on any atom is -0.493 e. The van der Waals surface area contributed by atoms with Crippen molar-refractivity contribution < 1.29 is 14.3 Å². The second-order valence-corrected chi connectivity index (χ2v) is 6.16. The molecule has 0 radical (unpaired) electrons. The summed E-state index contributed by atoms with van der Waals surface area (Å²) in [4.78, 5) is 38.9. The van der Waals surface area contributed by atoms with Gasteiger partial charge in [-0.15, -0.1) is 0 Å². The molecule has 0 atom stereocenters. The van der Waals surface area contributed by atoms with Crippen LogP contribution in [0.2, 0.25) is 0 Å². The fraction of sp³-hybridized carbons (Fsp3) is 0.350. The highest BCUT2D eigenvalue weighted by atomic mass is 16.5. The Morgan fingerprint density at radius 3 is 2.28 bits per heavy atom. The van der Waals surface area contributed by atoms with Crippen LogP contribution in [0.5, 0.6) is 11.5 Å². The molecular formula is C20H26N4O5. The summed E-state index contributed by atoms with van der Waals surface area (Å²) >= 11 is 0. The van der Waals surface area contributed by atoms with Crippen molar-refractivity contribution in [3.05, 3.63) is 50.7 Å². The number of anilines is 2. The van der Waals surface area contributed by atoms with Crippen LogP contribution in [0.15, 0.2) is 33.9 Å². The fourth-order valence-electron chi connectivity index (χ4n) is 2.95. The first-order valence-electron chi connectivity index (χ1n) is 9.11. The maximum absolute atomic E-state index is 12.7. The van der Waals surface area contributed by atoms with Crippen molar-refractivity contribution in [2.24, 2.45) is 0 Å². The number of carbonyl (C=O) groups excluding carboxylic acids is 1. The van der Waals surface area contributed by atoms with Gasteiger partial charge in [0.2, 0.25) is 0 Å². The average Bonchev–Trinajstić information content (AvgIpc) is 2.72. The number of hydrogen-bond donors (Lipinski definition) is 1. The molecule has 0 aliphatic carbocycles. The summed E-state index contributed by atoms with van der Waals surface area (Å²) < 4.78 is 12.8. The molecule has 2 rings (SSSR count). The molecule has 0 unspecified atom stereocenters. The third-order valence-electron chi connectivity index (χ3n) is 4.57. The van der Waals surface area contributed by atoms with Crippen LogP contribution in [0.4, 0.5) is 11.5 Å². The molecule has 156 valence electrons. The van der Waals surface area contributed by atoms with Crippen LogP contribution < -0.4 is 31.4 Å². The Kier molecular flexibility index (Phi) is 6.87. The molecule has 1 aromatic carbocycles. The minimum atomic E-state index is -0.602. The number of nitrogen functional groups attached to an aromatic ring is 1. The molecule has 2 aromatic rings. The number of carbonyl (C=O) groups is 1. The lowest BCUT2D eigenvalue weighted by Crippen LogP contribution is -2.44. The predicted octanol–water partition coefficient (Wildman–Crippen LogP) is 1.33. The van der Waals surface area contributed by atoms with Crippen molar-refractivity contribution in [3.8, 4) is 11.5 Å². The Bertz CT molecular complexity index is 1050. The summed E-state index contributed by atoms with van der Waals surface area (Å²) in [5.74, 6) is 0.596. The van der Waals surface area contributed by atoms with Crippen LogP contribution >= 0.6 is 0 Å². The highest BCUT2D eigenvalue weighted by Crippen LogP contribution is 2.28. The van der Waals surface area contributed by atoms with E-state index < -0.39 is 17.2 Å². The lowest BCUT2D eigenvalue weighted by Gasteiger charge is -2.20. The Hall–Kier alpha value is -3.49. The van der Waals surface area contributed by atoms with Gasteiger partial charge in [-0.1, -0.05) is 6.07 Å². The van der Waals surface area contributed by atoms with Gasteiger partial charge in [0.1, 0.15) is 5.82 Å². The van der Waals surface area contributed by atoms with Crippen molar-refractivity contribution in [1.29, 1.82) is 0 Å². The molecule has 0 saturated carbocycles. The lowest BCUT2D eigenvalue weighted by atomic mass is 10.2. The smallest absolute Gasteiger partial charge is 0.332 e. The summed E-state index contributed by atoms with van der Waals surface area (Å²) in [5, 5.41) is 0. The molecule has 1 amide bonds. The Morgan fingerprint density at radius 2 is 1.72 bits per heavy atom. The first-order chi connectivity index (χ1) is 13.8. The van der Waals surface area contributed by atoms with Gasteiger partial charge in [0.25, 0.3) is 11.5 Å². The highest BCUT2D eigenvalue weighted by Gasteiger charge is 2.21. The molecule has 29 heavy (non-hydrogen) atoms. The van der Waals surface area contributed by atoms with E-state index in [1.807, 2.05) is 0 Å². The van der Waals surface area contributed by atoms with Crippen molar-refractivity contribution in [2.75, 3.05) is 31.9 Å². The number of nitrogens with two attached hydrogens (primary N) is 1. The molecule has 1 aromatic heterocycles. The van der Waals surface area contributed by atoms with Crippen LogP contribution in [-0.2, 0) is 17.9 Å². The molecule has 1 heterocycles. The molecule has 0 bridgehead atoms. The van der Waals surface area contributed by atoms with Gasteiger partial charge in [-0.25, -0.2) is 4.79 Å². The molecular weight excluding hydrogens is 376 g/mol. The number of rotatable bonds is 7. The van der Waals surface area contributed by atoms with E-state index >= 15 is 0 Å². The second kappa shape index (κ2) is 9.13. The number of methoxy groups -OCH3 is 2. The normalized spacial score (nSPS) is 10.9. The lowest BCUT2D eigenvalue weighted by molar-refractivity contribution is -0.113. The van der Waals surface area contributed by atoms with Gasteiger partial charge in [-0.3, -0.25) is 18.7 Å². The molecule has 9 nitrogen and oxygen atoms in total. The summed E-state index contributed by atoms with van der Waals surface area (Å²) in [7, 11) is 4.50. The molecule has 0 spiro atoms. The number of aromatic nitrogens is 2. The number of likely N-dealkylation sites (N-methyl/N-ethyl adjacent to an activating group) is 1. The van der Waals surface area contributed by atoms with Crippen molar-refractivity contribution >= 4 is 23.5 Å². The second-order valence-electron chi connectivity index (χ2n) is 6.16. The maximum Gasteiger partial charge on any atom is 0.332 e. The van der Waals surface area contributed by atoms with E-state index in [-0.39, 0.29) is 24.6 Å². The van der Waals surface area contributed by atoms with Crippen molar-refractivity contribution in [1.82, 2.24) is 9.13 Å². The van der Waals surface area contributed by atoms with Gasteiger partial charge in [-0.05, 0) is 37.6 Å². The summed E-state index contributed by atoms with van der Waals surface area (Å²) in [6.07, 6.45) is 2.91. The van der Waals surface area contributed by atoms with E-state index in [1.165, 1.54) is 31.9 Å². The van der Waals surface area contributed by atoms with Gasteiger partial charge in [0.05, 0.1) is 14.2 Å². The van der Waals surface area contributed by atoms with Crippen molar-refractivity contribution in [3.63, 3.8) is 0 Å². The van der Waals surface area contributed by atoms with Crippen LogP contribution in [0.3, 0.4) is 0 Å². The first kappa shape index (κ1) is 21.8. The fourth-order valence-corrected chi connectivity index (χ4v) is 2.95. The van der Waals surface area contributed by atoms with Crippen LogP contribution in [0, 0.1) is 0 Å². The molecule has 2 N–H and O–H groups in total. The number of ether oxygens (including phenoxy) is 2. The van der Waals surface area contributed by atoms with Crippen LogP contribution in [0.1, 0.15) is 19.4 Å². The number of nitrogens with zero attached hydrogens (tertiary/aromatic N) is 3. The monoisotopic (exact) mass is 402 g/mol. The zero-order chi connectivity index (χ0) is 21.7. The van der Waals surface area contributed by atoms with E-state index in [4.69, 9.17) is 15.2 Å². The Morgan fingerprint density at radius 1 is 1.10 bits per heavy atom. The number of hydrogen-bond acceptors (Lipinski definition) is 6. The zero-order valence-corrected chi connectivity index (χ0v) is 17.3. The topological polar surface area (TPSA) is 109 Å². The van der Waals surface area contributed by atoms with E-state index in [0.717, 1.165) is 9.47 Å². The summed E-state index contributed by atoms with van der Waals surface area (Å²) in [5.41, 5.74) is 5.62. The van der Waals surface area contributed by atoms with E-state index in [0.29, 0.717) is 17.1 Å². The van der Waals surface area contributed by atoms with Gasteiger partial charge in [0, 0.05) is 26.2 Å². The average molecular weight is 402 g/mol. The maximum atomic E-state index is 12.7. The van der Waals surface area contributed by atoms with E-state index in [9.17, 15) is 14.4 Å². The SMILES string of the molecule is CCn1c(N)c(N(C)C(=O)/C=C/c2ccc(OC)c(OC)c2)c(=O)n(CC)c1=O. The molecule has 0 aliphatic rings. The third-order valence-corrected chi connectivity index (χ3v) is 4.57. The molecule has 0 aliphatic heterocycles. The molecule has 0 fully saturated rings. The summed E-state index contributed by atoms with van der Waals surface area (Å²) in [6.45, 7) is 3.88. The van der Waals surface area contributed by atoms with Crippen LogP contribution in [0.25, 0.3) is 6.08 Å². The predicted molar refractivity (Wildman–Crippen MR) is 113 cm³/mol. The minimum absolute atomic E-state index is 0.0322. The molecule has 9 heteroatoms. The standard InChI is InChI=1S/C20H26N4O5/c1-6-23-18(21)17(19(26)24(7-2)20(23)27)22(3)16(25)11-9-13-8-10-14(28-4)15(12-13)29-5/h8-12H,6-7,21H2,1-5H3/b11-9+. The largest absolute Gasteiger partial charge is 0.493 e. The zero-order valence-electron chi connectivity index (χ0n) is 17.3. The number of amides is 1. The highest BCUT2D eigenvalue weighted by molar-refractivity contribution is 6.04. The van der Waals surface area contributed by atoms with Crippen LogP contribution in [-0.4, -0.2) is 36.3 Å².